The summed E-state index contributed by atoms with van der Waals surface area (Å²) in [7, 11) is 2.15. The summed E-state index contributed by atoms with van der Waals surface area (Å²) in [5.41, 5.74) is 3.72. The number of amides is 3. The Morgan fingerprint density at radius 3 is 2.38 bits per heavy atom. The molecule has 4 rings (SSSR count). The number of benzene rings is 1. The number of likely N-dealkylation sites (N-methyl/N-ethyl adjacent to an activating group) is 1. The molecule has 0 unspecified atom stereocenters. The highest BCUT2D eigenvalue weighted by Crippen LogP contribution is 2.31. The fraction of sp³-hybridized carbons (Fsp3) is 0.625. The number of nitrogens with zero attached hydrogens (tertiary/aromatic N) is 4. The van der Waals surface area contributed by atoms with Crippen LogP contribution in [0.2, 0.25) is 0 Å². The molecule has 0 aromatic heterocycles. The Labute approximate surface area is 189 Å². The zero-order valence-corrected chi connectivity index (χ0v) is 19.1. The summed E-state index contributed by atoms with van der Waals surface area (Å²) < 4.78 is 0. The summed E-state index contributed by atoms with van der Waals surface area (Å²) in [6, 6.07) is 6.62. The number of hydrogen-bond donors (Lipinski definition) is 1. The number of rotatable bonds is 5. The lowest BCUT2D eigenvalue weighted by atomic mass is 9.89. The van der Waals surface area contributed by atoms with Gasteiger partial charge in [0, 0.05) is 50.9 Å². The number of carbonyl (C=O) groups excluding carboxylic acids is 2. The van der Waals surface area contributed by atoms with Crippen molar-refractivity contribution in [1.29, 1.82) is 0 Å². The minimum absolute atomic E-state index is 0.0589. The van der Waals surface area contributed by atoms with E-state index in [0.717, 1.165) is 57.3 Å². The van der Waals surface area contributed by atoms with Crippen LogP contribution in [0.15, 0.2) is 18.2 Å². The first-order valence-electron chi connectivity index (χ1n) is 11.7. The first-order valence-corrected chi connectivity index (χ1v) is 11.7. The maximum atomic E-state index is 13.3. The van der Waals surface area contributed by atoms with Gasteiger partial charge in [0.05, 0.1) is 0 Å². The minimum Gasteiger partial charge on any atom is -0.480 e. The zero-order chi connectivity index (χ0) is 22.8. The number of urea groups is 1. The van der Waals surface area contributed by atoms with Crippen LogP contribution in [0.4, 0.5) is 10.5 Å². The van der Waals surface area contributed by atoms with Gasteiger partial charge in [0.15, 0.2) is 0 Å². The number of aliphatic carboxylic acids is 1. The summed E-state index contributed by atoms with van der Waals surface area (Å²) in [5.74, 6) is -1.19. The maximum Gasteiger partial charge on any atom is 0.324 e. The Balaban J connectivity index is 1.38. The molecule has 174 valence electrons. The highest BCUT2D eigenvalue weighted by molar-refractivity contribution is 5.94. The Kier molecular flexibility index (Phi) is 6.69. The molecule has 2 heterocycles. The molecule has 2 aliphatic heterocycles. The molecule has 8 heteroatoms. The molecule has 0 atom stereocenters. The molecule has 3 amide bonds. The van der Waals surface area contributed by atoms with Crippen molar-refractivity contribution < 1.29 is 19.5 Å². The Hall–Kier alpha value is -2.61. The van der Waals surface area contributed by atoms with E-state index >= 15 is 0 Å². The molecule has 1 aromatic rings. The van der Waals surface area contributed by atoms with Crippen molar-refractivity contribution >= 4 is 23.6 Å². The second-order valence-electron chi connectivity index (χ2n) is 9.39. The second-order valence-corrected chi connectivity index (χ2v) is 9.39. The van der Waals surface area contributed by atoms with Crippen molar-refractivity contribution in [2.75, 3.05) is 44.7 Å². The van der Waals surface area contributed by atoms with E-state index in [4.69, 9.17) is 5.11 Å². The van der Waals surface area contributed by atoms with Gasteiger partial charge in [0.25, 0.3) is 0 Å². The molecule has 0 bridgehead atoms. The average Bonchev–Trinajstić information content (AvgIpc) is 3.05. The van der Waals surface area contributed by atoms with Crippen LogP contribution in [-0.4, -0.2) is 89.6 Å². The summed E-state index contributed by atoms with van der Waals surface area (Å²) >= 11 is 0. The van der Waals surface area contributed by atoms with E-state index < -0.39 is 5.97 Å². The van der Waals surface area contributed by atoms with Gasteiger partial charge < -0.3 is 19.8 Å². The smallest absolute Gasteiger partial charge is 0.324 e. The number of carboxylic acids is 1. The molecule has 0 spiro atoms. The number of anilines is 1. The zero-order valence-electron chi connectivity index (χ0n) is 19.1. The summed E-state index contributed by atoms with van der Waals surface area (Å²) in [4.78, 5) is 44.0. The van der Waals surface area contributed by atoms with E-state index in [1.807, 2.05) is 9.80 Å². The van der Waals surface area contributed by atoms with E-state index in [2.05, 4.69) is 30.1 Å². The van der Waals surface area contributed by atoms with Crippen LogP contribution in [-0.2, 0) is 22.4 Å². The highest BCUT2D eigenvalue weighted by atomic mass is 16.4. The van der Waals surface area contributed by atoms with Crippen molar-refractivity contribution in [3.8, 4) is 0 Å². The van der Waals surface area contributed by atoms with Crippen LogP contribution in [0.1, 0.15) is 43.7 Å². The van der Waals surface area contributed by atoms with Gasteiger partial charge in [-0.1, -0.05) is 6.07 Å². The van der Waals surface area contributed by atoms with Crippen LogP contribution >= 0.6 is 0 Å². The van der Waals surface area contributed by atoms with Gasteiger partial charge in [0.2, 0.25) is 5.91 Å². The van der Waals surface area contributed by atoms with Gasteiger partial charge in [-0.15, -0.1) is 0 Å². The molecular formula is C24H34N4O4. The SMILES string of the molecule is CC(=O)N(CC(=O)O)C1CCC(N2CCN(c3ccc4c(c3)CCN(C)CC4)C2=O)CC1. The van der Waals surface area contributed by atoms with Gasteiger partial charge in [0.1, 0.15) is 6.54 Å². The Morgan fingerprint density at radius 2 is 1.72 bits per heavy atom. The maximum absolute atomic E-state index is 13.3. The Morgan fingerprint density at radius 1 is 1.03 bits per heavy atom. The van der Waals surface area contributed by atoms with Crippen LogP contribution in [0.25, 0.3) is 0 Å². The fourth-order valence-electron chi connectivity index (χ4n) is 5.45. The number of carboxylic acid groups (broad SMARTS) is 1. The third kappa shape index (κ3) is 4.75. The predicted molar refractivity (Wildman–Crippen MR) is 122 cm³/mol. The average molecular weight is 443 g/mol. The Bertz CT molecular complexity index is 881. The molecule has 1 aliphatic carbocycles. The summed E-state index contributed by atoms with van der Waals surface area (Å²) in [6.07, 6.45) is 5.11. The third-order valence-electron chi connectivity index (χ3n) is 7.33. The van der Waals surface area contributed by atoms with E-state index in [1.165, 1.54) is 23.0 Å². The van der Waals surface area contributed by atoms with Crippen molar-refractivity contribution in [3.63, 3.8) is 0 Å². The molecular weight excluding hydrogens is 408 g/mol. The molecule has 3 aliphatic rings. The standard InChI is InChI=1S/C24H34N4O4/c1-17(29)28(16-23(30)31)21-7-5-20(6-8-21)26-13-14-27(24(26)32)22-4-3-18-9-11-25(2)12-10-19(18)15-22/h3-4,15,20-21H,5-14,16H2,1-2H3,(H,30,31). The van der Waals surface area contributed by atoms with Crippen LogP contribution in [0.5, 0.6) is 0 Å². The number of hydrogen-bond acceptors (Lipinski definition) is 4. The van der Waals surface area contributed by atoms with E-state index in [0.29, 0.717) is 13.1 Å². The van der Waals surface area contributed by atoms with Gasteiger partial charge in [-0.25, -0.2) is 4.79 Å². The number of fused-ring (bicyclic) bond motifs is 1. The van der Waals surface area contributed by atoms with Crippen molar-refractivity contribution in [1.82, 2.24) is 14.7 Å². The summed E-state index contributed by atoms with van der Waals surface area (Å²) in [6.45, 7) is 4.68. The lowest BCUT2D eigenvalue weighted by molar-refractivity contribution is -0.145. The van der Waals surface area contributed by atoms with Crippen LogP contribution in [0.3, 0.4) is 0 Å². The summed E-state index contributed by atoms with van der Waals surface area (Å²) in [5, 5.41) is 9.11. The molecule has 1 N–H and O–H groups in total. The van der Waals surface area contributed by atoms with Gasteiger partial charge >= 0.3 is 12.0 Å². The number of carbonyl (C=O) groups is 3. The van der Waals surface area contributed by atoms with Crippen LogP contribution in [0, 0.1) is 0 Å². The fourth-order valence-corrected chi connectivity index (χ4v) is 5.45. The molecule has 0 radical (unpaired) electrons. The van der Waals surface area contributed by atoms with Crippen molar-refractivity contribution in [2.45, 2.75) is 57.5 Å². The second kappa shape index (κ2) is 9.48. The topological polar surface area (TPSA) is 84.4 Å². The molecule has 1 aromatic carbocycles. The van der Waals surface area contributed by atoms with Crippen molar-refractivity contribution in [2.24, 2.45) is 0 Å². The van der Waals surface area contributed by atoms with E-state index in [-0.39, 0.29) is 30.6 Å². The van der Waals surface area contributed by atoms with Gasteiger partial charge in [-0.05, 0) is 68.8 Å². The highest BCUT2D eigenvalue weighted by Gasteiger charge is 2.38. The van der Waals surface area contributed by atoms with E-state index in [9.17, 15) is 14.4 Å². The molecule has 2 fully saturated rings. The normalized spacial score (nSPS) is 24.2. The molecule has 1 saturated carbocycles. The predicted octanol–water partition coefficient (Wildman–Crippen LogP) is 2.20. The van der Waals surface area contributed by atoms with Crippen LogP contribution < -0.4 is 4.90 Å². The quantitative estimate of drug-likeness (QED) is 0.756. The monoisotopic (exact) mass is 442 g/mol. The minimum atomic E-state index is -0.986. The largest absolute Gasteiger partial charge is 0.480 e. The van der Waals surface area contributed by atoms with Gasteiger partial charge in [-0.3, -0.25) is 14.5 Å². The first kappa shape index (κ1) is 22.6. The first-order chi connectivity index (χ1) is 15.3. The molecule has 32 heavy (non-hydrogen) atoms. The van der Waals surface area contributed by atoms with Gasteiger partial charge in [-0.2, -0.15) is 0 Å². The molecule has 1 saturated heterocycles. The van der Waals surface area contributed by atoms with Crippen molar-refractivity contribution in [3.05, 3.63) is 29.3 Å². The lowest BCUT2D eigenvalue weighted by Gasteiger charge is -2.38. The third-order valence-corrected chi connectivity index (χ3v) is 7.33. The van der Waals surface area contributed by atoms with E-state index in [1.54, 1.807) is 0 Å². The lowest BCUT2D eigenvalue weighted by Crippen LogP contribution is -2.48. The molecule has 8 nitrogen and oxygen atoms in total.